The number of nitrogens with one attached hydrogen (secondary N) is 1. The van der Waals surface area contributed by atoms with Gasteiger partial charge < -0.3 is 10.2 Å². The number of carbonyl (C=O) groups is 2. The molecule has 2 amide bonds. The number of benzene rings is 2. The van der Waals surface area contributed by atoms with Gasteiger partial charge in [0.05, 0.1) is 17.0 Å². The number of amides is 2. The van der Waals surface area contributed by atoms with Gasteiger partial charge in [-0.3, -0.25) is 13.9 Å². The average Bonchev–Trinajstić information content (AvgIpc) is 2.78. The smallest absolute Gasteiger partial charge is 0.244 e. The zero-order valence-electron chi connectivity index (χ0n) is 19.8. The summed E-state index contributed by atoms with van der Waals surface area (Å²) >= 11 is 12.2. The van der Waals surface area contributed by atoms with Crippen LogP contribution in [-0.2, 0) is 26.2 Å². The van der Waals surface area contributed by atoms with Crippen LogP contribution in [0.2, 0.25) is 10.0 Å². The summed E-state index contributed by atoms with van der Waals surface area (Å²) in [7, 11) is -3.84. The maximum Gasteiger partial charge on any atom is 0.244 e. The lowest BCUT2D eigenvalue weighted by Crippen LogP contribution is -2.53. The SMILES string of the molecule is CC[C@@H](C)NC(=O)[C@@H](CC)N(Cc1ccc(Cl)cc1)C(=O)CN(c1ccccc1Cl)S(C)(=O)=O. The van der Waals surface area contributed by atoms with Crippen molar-refractivity contribution in [3.8, 4) is 0 Å². The Hall–Kier alpha value is -2.29. The zero-order chi connectivity index (χ0) is 25.5. The molecule has 0 fully saturated rings. The highest BCUT2D eigenvalue weighted by Crippen LogP contribution is 2.27. The van der Waals surface area contributed by atoms with E-state index in [4.69, 9.17) is 23.2 Å². The van der Waals surface area contributed by atoms with Gasteiger partial charge in [-0.15, -0.1) is 0 Å². The van der Waals surface area contributed by atoms with Gasteiger partial charge in [0.2, 0.25) is 21.8 Å². The van der Waals surface area contributed by atoms with Crippen molar-refractivity contribution in [3.63, 3.8) is 0 Å². The van der Waals surface area contributed by atoms with Crippen molar-refractivity contribution in [2.45, 2.75) is 52.2 Å². The molecule has 0 aromatic heterocycles. The number of nitrogens with zero attached hydrogens (tertiary/aromatic N) is 2. The first-order valence-corrected chi connectivity index (χ1v) is 13.6. The zero-order valence-corrected chi connectivity index (χ0v) is 22.1. The van der Waals surface area contributed by atoms with Gasteiger partial charge in [-0.25, -0.2) is 8.42 Å². The highest BCUT2D eigenvalue weighted by atomic mass is 35.5. The Bertz CT molecular complexity index is 1090. The van der Waals surface area contributed by atoms with E-state index in [-0.39, 0.29) is 29.2 Å². The largest absolute Gasteiger partial charge is 0.352 e. The predicted octanol–water partition coefficient (Wildman–Crippen LogP) is 4.48. The van der Waals surface area contributed by atoms with Crippen molar-refractivity contribution in [1.82, 2.24) is 10.2 Å². The van der Waals surface area contributed by atoms with Crippen LogP contribution in [0, 0.1) is 0 Å². The van der Waals surface area contributed by atoms with E-state index in [9.17, 15) is 18.0 Å². The molecule has 186 valence electrons. The molecule has 2 atom stereocenters. The molecular weight excluding hydrogens is 497 g/mol. The fourth-order valence-corrected chi connectivity index (χ4v) is 4.67. The first-order valence-electron chi connectivity index (χ1n) is 11.0. The van der Waals surface area contributed by atoms with Crippen LogP contribution in [0.1, 0.15) is 39.2 Å². The molecule has 0 radical (unpaired) electrons. The van der Waals surface area contributed by atoms with E-state index in [0.717, 1.165) is 22.5 Å². The Morgan fingerprint density at radius 1 is 1.00 bits per heavy atom. The van der Waals surface area contributed by atoms with Crippen LogP contribution in [0.25, 0.3) is 0 Å². The summed E-state index contributed by atoms with van der Waals surface area (Å²) in [5.74, 6) is -0.811. The minimum atomic E-state index is -3.84. The summed E-state index contributed by atoms with van der Waals surface area (Å²) in [6.45, 7) is 5.27. The molecule has 0 aliphatic heterocycles. The molecule has 0 heterocycles. The summed E-state index contributed by atoms with van der Waals surface area (Å²) in [4.78, 5) is 28.1. The van der Waals surface area contributed by atoms with Gasteiger partial charge in [-0.05, 0) is 49.6 Å². The number of para-hydroxylation sites is 1. The fraction of sp³-hybridized carbons (Fsp3) is 0.417. The molecule has 0 saturated carbocycles. The quantitative estimate of drug-likeness (QED) is 0.466. The molecule has 1 N–H and O–H groups in total. The lowest BCUT2D eigenvalue weighted by atomic mass is 10.1. The maximum atomic E-state index is 13.6. The normalized spacial score (nSPS) is 13.1. The third kappa shape index (κ3) is 7.61. The maximum absolute atomic E-state index is 13.6. The van der Waals surface area contributed by atoms with E-state index in [1.165, 1.54) is 11.0 Å². The van der Waals surface area contributed by atoms with E-state index in [0.29, 0.717) is 11.4 Å². The second-order valence-corrected chi connectivity index (χ2v) is 10.9. The first kappa shape index (κ1) is 28.0. The number of hydrogen-bond donors (Lipinski definition) is 1. The van der Waals surface area contributed by atoms with Gasteiger partial charge in [0.1, 0.15) is 12.6 Å². The molecule has 7 nitrogen and oxygen atoms in total. The average molecular weight is 529 g/mol. The van der Waals surface area contributed by atoms with Crippen molar-refractivity contribution in [2.75, 3.05) is 17.1 Å². The summed E-state index contributed by atoms with van der Waals surface area (Å²) in [6, 6.07) is 12.5. The molecule has 10 heteroatoms. The van der Waals surface area contributed by atoms with E-state index in [1.54, 1.807) is 42.5 Å². The van der Waals surface area contributed by atoms with E-state index in [2.05, 4.69) is 5.32 Å². The Kier molecular flexibility index (Phi) is 10.2. The second-order valence-electron chi connectivity index (χ2n) is 8.11. The Morgan fingerprint density at radius 3 is 2.15 bits per heavy atom. The second kappa shape index (κ2) is 12.4. The lowest BCUT2D eigenvalue weighted by Gasteiger charge is -2.33. The fourth-order valence-electron chi connectivity index (χ4n) is 3.40. The van der Waals surface area contributed by atoms with E-state index >= 15 is 0 Å². The molecule has 0 aliphatic rings. The standard InChI is InChI=1S/C24H31Cl2N3O4S/c1-5-17(3)27-24(31)21(6-2)28(15-18-11-13-19(25)14-12-18)23(30)16-29(34(4,32)33)22-10-8-7-9-20(22)26/h7-14,17,21H,5-6,15-16H2,1-4H3,(H,27,31)/t17-,21-/m1/s1. The predicted molar refractivity (Wildman–Crippen MR) is 138 cm³/mol. The third-order valence-electron chi connectivity index (χ3n) is 5.45. The highest BCUT2D eigenvalue weighted by molar-refractivity contribution is 7.92. The number of halogens is 2. The molecule has 2 aromatic rings. The summed E-state index contributed by atoms with van der Waals surface area (Å²) < 4.78 is 26.2. The Morgan fingerprint density at radius 2 is 1.62 bits per heavy atom. The number of carbonyl (C=O) groups excluding carboxylic acids is 2. The molecule has 0 bridgehead atoms. The number of sulfonamides is 1. The third-order valence-corrected chi connectivity index (χ3v) is 7.15. The summed E-state index contributed by atoms with van der Waals surface area (Å²) in [6.07, 6.45) is 2.11. The topological polar surface area (TPSA) is 86.8 Å². The van der Waals surface area contributed by atoms with E-state index in [1.807, 2.05) is 20.8 Å². The molecule has 0 saturated heterocycles. The van der Waals surface area contributed by atoms with Crippen molar-refractivity contribution in [3.05, 3.63) is 64.1 Å². The Labute approximate surface area is 212 Å². The van der Waals surface area contributed by atoms with Crippen LogP contribution in [0.4, 0.5) is 5.69 Å². The number of rotatable bonds is 11. The van der Waals surface area contributed by atoms with Gasteiger partial charge in [0.25, 0.3) is 0 Å². The molecule has 2 aromatic carbocycles. The monoisotopic (exact) mass is 527 g/mol. The molecule has 0 spiro atoms. The lowest BCUT2D eigenvalue weighted by molar-refractivity contribution is -0.140. The van der Waals surface area contributed by atoms with Crippen LogP contribution >= 0.6 is 23.2 Å². The van der Waals surface area contributed by atoms with Crippen LogP contribution in [0.3, 0.4) is 0 Å². The van der Waals surface area contributed by atoms with Crippen molar-refractivity contribution >= 4 is 50.7 Å². The van der Waals surface area contributed by atoms with Crippen LogP contribution in [0.15, 0.2) is 48.5 Å². The van der Waals surface area contributed by atoms with Crippen LogP contribution in [0.5, 0.6) is 0 Å². The van der Waals surface area contributed by atoms with Crippen molar-refractivity contribution in [2.24, 2.45) is 0 Å². The van der Waals surface area contributed by atoms with Gasteiger partial charge in [-0.2, -0.15) is 0 Å². The minimum Gasteiger partial charge on any atom is -0.352 e. The minimum absolute atomic E-state index is 0.0651. The number of hydrogen-bond acceptors (Lipinski definition) is 4. The van der Waals surface area contributed by atoms with Crippen LogP contribution in [-0.4, -0.2) is 50.0 Å². The van der Waals surface area contributed by atoms with Crippen molar-refractivity contribution in [1.29, 1.82) is 0 Å². The molecular formula is C24H31Cl2N3O4S. The van der Waals surface area contributed by atoms with Crippen LogP contribution < -0.4 is 9.62 Å². The first-order chi connectivity index (χ1) is 16.0. The van der Waals surface area contributed by atoms with Gasteiger partial charge in [0, 0.05) is 17.6 Å². The summed E-state index contributed by atoms with van der Waals surface area (Å²) in [5.41, 5.74) is 0.958. The molecule has 2 rings (SSSR count). The Balaban J connectivity index is 2.44. The van der Waals surface area contributed by atoms with Crippen molar-refractivity contribution < 1.29 is 18.0 Å². The van der Waals surface area contributed by atoms with Gasteiger partial charge in [-0.1, -0.05) is 61.3 Å². The molecule has 0 unspecified atom stereocenters. The highest BCUT2D eigenvalue weighted by Gasteiger charge is 2.32. The molecule has 34 heavy (non-hydrogen) atoms. The number of anilines is 1. The molecule has 0 aliphatic carbocycles. The summed E-state index contributed by atoms with van der Waals surface area (Å²) in [5, 5.41) is 3.68. The van der Waals surface area contributed by atoms with E-state index < -0.39 is 28.5 Å². The van der Waals surface area contributed by atoms with Gasteiger partial charge in [0.15, 0.2) is 0 Å². The van der Waals surface area contributed by atoms with Gasteiger partial charge >= 0.3 is 0 Å².